The molecule has 166 valence electrons. The molecule has 10 heteroatoms. The smallest absolute Gasteiger partial charge is 0.433 e. The van der Waals surface area contributed by atoms with Crippen LogP contribution in [0.5, 0.6) is 5.75 Å². The van der Waals surface area contributed by atoms with Crippen molar-refractivity contribution in [1.82, 2.24) is 20.1 Å². The van der Waals surface area contributed by atoms with Crippen LogP contribution in [0.2, 0.25) is 0 Å². The number of aryl methyl sites for hydroxylation is 1. The second-order valence-corrected chi connectivity index (χ2v) is 7.91. The molecule has 0 radical (unpaired) electrons. The highest BCUT2D eigenvalue weighted by molar-refractivity contribution is 5.94. The molecule has 2 aromatic heterocycles. The van der Waals surface area contributed by atoms with Gasteiger partial charge in [-0.3, -0.25) is 14.5 Å². The second-order valence-electron chi connectivity index (χ2n) is 7.91. The Hall–Kier alpha value is -3.43. The first-order chi connectivity index (χ1) is 15.3. The number of pyridine rings is 1. The molecule has 1 aliphatic carbocycles. The number of carbonyl (C=O) groups is 1. The second kappa shape index (κ2) is 7.61. The van der Waals surface area contributed by atoms with Gasteiger partial charge in [0.1, 0.15) is 17.3 Å². The minimum absolute atomic E-state index is 0.0707. The lowest BCUT2D eigenvalue weighted by Gasteiger charge is -2.13. The van der Waals surface area contributed by atoms with E-state index in [9.17, 15) is 22.4 Å². The van der Waals surface area contributed by atoms with Gasteiger partial charge < -0.3 is 10.1 Å². The lowest BCUT2D eigenvalue weighted by atomic mass is 10.1. The number of aromatic nitrogens is 3. The minimum Gasteiger partial charge on any atom is -0.490 e. The van der Waals surface area contributed by atoms with Crippen LogP contribution in [0.15, 0.2) is 42.6 Å². The van der Waals surface area contributed by atoms with Crippen molar-refractivity contribution >= 4 is 5.91 Å². The number of nitrogens with one attached hydrogen (secondary N) is 1. The summed E-state index contributed by atoms with van der Waals surface area (Å²) in [4.78, 5) is 16.1. The number of alkyl halides is 3. The number of fused-ring (bicyclic) bond motifs is 1. The van der Waals surface area contributed by atoms with Gasteiger partial charge in [0.2, 0.25) is 0 Å². The maximum atomic E-state index is 14.0. The third-order valence-corrected chi connectivity index (χ3v) is 5.41. The Bertz CT molecular complexity index is 1190. The van der Waals surface area contributed by atoms with E-state index in [2.05, 4.69) is 15.4 Å². The van der Waals surface area contributed by atoms with Crippen molar-refractivity contribution in [2.75, 3.05) is 0 Å². The van der Waals surface area contributed by atoms with Gasteiger partial charge in [-0.25, -0.2) is 4.39 Å². The van der Waals surface area contributed by atoms with Crippen molar-refractivity contribution < 1.29 is 27.1 Å². The third-order valence-electron chi connectivity index (χ3n) is 5.41. The van der Waals surface area contributed by atoms with Crippen LogP contribution in [0.4, 0.5) is 17.6 Å². The molecular weight excluding hydrogens is 428 g/mol. The largest absolute Gasteiger partial charge is 0.490 e. The monoisotopic (exact) mass is 446 g/mol. The zero-order chi connectivity index (χ0) is 22.5. The van der Waals surface area contributed by atoms with Gasteiger partial charge in [-0.2, -0.15) is 18.3 Å². The molecule has 1 N–H and O–H groups in total. The van der Waals surface area contributed by atoms with E-state index in [1.807, 2.05) is 0 Å². The fourth-order valence-corrected chi connectivity index (χ4v) is 3.70. The van der Waals surface area contributed by atoms with Crippen LogP contribution < -0.4 is 10.1 Å². The molecule has 2 aliphatic rings. The van der Waals surface area contributed by atoms with Gasteiger partial charge in [0.05, 0.1) is 23.5 Å². The summed E-state index contributed by atoms with van der Waals surface area (Å²) in [5, 5.41) is 7.23. The predicted octanol–water partition coefficient (Wildman–Crippen LogP) is 4.52. The Morgan fingerprint density at radius 2 is 1.94 bits per heavy atom. The zero-order valence-corrected chi connectivity index (χ0v) is 16.7. The number of rotatable bonds is 5. The Kier molecular flexibility index (Phi) is 4.87. The lowest BCUT2D eigenvalue weighted by Crippen LogP contribution is -2.27. The van der Waals surface area contributed by atoms with E-state index in [0.717, 1.165) is 31.2 Å². The van der Waals surface area contributed by atoms with Crippen LogP contribution in [0.1, 0.15) is 47.1 Å². The standard InChI is InChI=1S/C22H18F4N4O2/c23-14-7-13(8-16(10-14)32-15-1-2-15)21(31)28-17-4-6-30-19(17)11-18(29-30)12-3-5-27-20(9-12)22(24,25)26/h3,5,7-11,15,17H,1-2,4,6H2,(H,28,31)/t17-/m1/s1. The average molecular weight is 446 g/mol. The van der Waals surface area contributed by atoms with E-state index in [0.29, 0.717) is 30.1 Å². The van der Waals surface area contributed by atoms with E-state index in [-0.39, 0.29) is 17.2 Å². The van der Waals surface area contributed by atoms with Crippen LogP contribution in [-0.2, 0) is 12.7 Å². The number of amides is 1. The molecule has 0 spiro atoms. The first-order valence-electron chi connectivity index (χ1n) is 10.2. The van der Waals surface area contributed by atoms with Gasteiger partial charge in [0.15, 0.2) is 0 Å². The van der Waals surface area contributed by atoms with Gasteiger partial charge in [0.25, 0.3) is 5.91 Å². The predicted molar refractivity (Wildman–Crippen MR) is 105 cm³/mol. The molecule has 6 nitrogen and oxygen atoms in total. The Labute approximate surface area is 180 Å². The minimum atomic E-state index is -4.55. The summed E-state index contributed by atoms with van der Waals surface area (Å²) < 4.78 is 60.1. The molecule has 1 aliphatic heterocycles. The quantitative estimate of drug-likeness (QED) is 0.586. The van der Waals surface area contributed by atoms with Gasteiger partial charge in [-0.05, 0) is 49.6 Å². The maximum Gasteiger partial charge on any atom is 0.433 e. The first kappa shape index (κ1) is 20.5. The van der Waals surface area contributed by atoms with Gasteiger partial charge >= 0.3 is 6.18 Å². The summed E-state index contributed by atoms with van der Waals surface area (Å²) in [5.74, 6) is -0.714. The summed E-state index contributed by atoms with van der Waals surface area (Å²) in [6.45, 7) is 0.497. The number of hydrogen-bond donors (Lipinski definition) is 1. The van der Waals surface area contributed by atoms with Crippen molar-refractivity contribution in [2.24, 2.45) is 0 Å². The maximum absolute atomic E-state index is 14.0. The number of ether oxygens (including phenoxy) is 1. The molecule has 1 fully saturated rings. The third kappa shape index (κ3) is 4.17. The van der Waals surface area contributed by atoms with Gasteiger partial charge in [0, 0.05) is 29.9 Å². The Morgan fingerprint density at radius 3 is 2.69 bits per heavy atom. The van der Waals surface area contributed by atoms with Gasteiger partial charge in [-0.1, -0.05) is 0 Å². The summed E-state index contributed by atoms with van der Waals surface area (Å²) >= 11 is 0. The van der Waals surface area contributed by atoms with Crippen LogP contribution in [0.3, 0.4) is 0 Å². The highest BCUT2D eigenvalue weighted by Crippen LogP contribution is 2.33. The molecule has 5 rings (SSSR count). The van der Waals surface area contributed by atoms with E-state index < -0.39 is 29.6 Å². The van der Waals surface area contributed by atoms with E-state index in [1.165, 1.54) is 18.2 Å². The van der Waals surface area contributed by atoms with E-state index >= 15 is 0 Å². The van der Waals surface area contributed by atoms with E-state index in [1.54, 1.807) is 10.7 Å². The highest BCUT2D eigenvalue weighted by Gasteiger charge is 2.33. The SMILES string of the molecule is O=C(N[C@@H]1CCn2nc(-c3ccnc(C(F)(F)F)c3)cc21)c1cc(F)cc(OC2CC2)c1. The molecule has 1 aromatic carbocycles. The van der Waals surface area contributed by atoms with E-state index in [4.69, 9.17) is 4.74 Å². The molecule has 0 saturated heterocycles. The molecule has 32 heavy (non-hydrogen) atoms. The lowest BCUT2D eigenvalue weighted by molar-refractivity contribution is -0.141. The van der Waals surface area contributed by atoms with Crippen LogP contribution in [0, 0.1) is 5.82 Å². The zero-order valence-electron chi connectivity index (χ0n) is 16.7. The normalized spacial score (nSPS) is 17.8. The number of benzene rings is 1. The number of halogens is 4. The summed E-state index contributed by atoms with van der Waals surface area (Å²) in [6.07, 6.45) is -1.00. The van der Waals surface area contributed by atoms with Crippen molar-refractivity contribution in [1.29, 1.82) is 0 Å². The van der Waals surface area contributed by atoms with Gasteiger partial charge in [-0.15, -0.1) is 0 Å². The average Bonchev–Trinajstić information content (AvgIpc) is 3.32. The molecule has 1 atom stereocenters. The van der Waals surface area contributed by atoms with Crippen LogP contribution >= 0.6 is 0 Å². The van der Waals surface area contributed by atoms with Crippen molar-refractivity contribution in [2.45, 2.75) is 44.1 Å². The fraction of sp³-hybridized carbons (Fsp3) is 0.318. The number of nitrogens with zero attached hydrogens (tertiary/aromatic N) is 3. The Morgan fingerprint density at radius 1 is 1.12 bits per heavy atom. The van der Waals surface area contributed by atoms with Crippen LogP contribution in [0.25, 0.3) is 11.3 Å². The number of carbonyl (C=O) groups excluding carboxylic acids is 1. The molecule has 0 bridgehead atoms. The van der Waals surface area contributed by atoms with Crippen molar-refractivity contribution in [3.63, 3.8) is 0 Å². The summed E-state index contributed by atoms with van der Waals surface area (Å²) in [5.41, 5.74) is 0.458. The summed E-state index contributed by atoms with van der Waals surface area (Å²) in [6, 6.07) is 7.54. The first-order valence-corrected chi connectivity index (χ1v) is 10.2. The highest BCUT2D eigenvalue weighted by atomic mass is 19.4. The molecule has 1 amide bonds. The van der Waals surface area contributed by atoms with Crippen LogP contribution in [-0.4, -0.2) is 26.8 Å². The molecule has 1 saturated carbocycles. The molecule has 0 unspecified atom stereocenters. The number of hydrogen-bond acceptors (Lipinski definition) is 4. The topological polar surface area (TPSA) is 69.0 Å². The van der Waals surface area contributed by atoms with Crippen molar-refractivity contribution in [3.05, 3.63) is 65.4 Å². The molecule has 3 heterocycles. The molecular formula is C22H18F4N4O2. The Balaban J connectivity index is 1.35. The van der Waals surface area contributed by atoms with Crippen molar-refractivity contribution in [3.8, 4) is 17.0 Å². The fourth-order valence-electron chi connectivity index (χ4n) is 3.70. The molecule has 3 aromatic rings. The summed E-state index contributed by atoms with van der Waals surface area (Å²) in [7, 11) is 0.